The molecule has 0 atom stereocenters. The van der Waals surface area contributed by atoms with Gasteiger partial charge in [-0.05, 0) is 49.6 Å². The lowest BCUT2D eigenvalue weighted by molar-refractivity contribution is 0.102. The fraction of sp³-hybridized carbons (Fsp3) is 0.200. The van der Waals surface area contributed by atoms with Crippen LogP contribution in [0.2, 0.25) is 0 Å². The van der Waals surface area contributed by atoms with Gasteiger partial charge < -0.3 is 14.6 Å². The molecular weight excluding hydrogens is 348 g/mol. The summed E-state index contributed by atoms with van der Waals surface area (Å²) in [5.74, 6) is 0.169. The van der Waals surface area contributed by atoms with E-state index in [4.69, 9.17) is 4.74 Å². The van der Waals surface area contributed by atoms with Crippen LogP contribution in [0, 0.1) is 0 Å². The molecule has 0 saturated carbocycles. The third-order valence-corrected chi connectivity index (χ3v) is 4.93. The lowest BCUT2D eigenvalue weighted by Gasteiger charge is -2.13. The van der Waals surface area contributed by atoms with Crippen molar-refractivity contribution in [3.05, 3.63) is 64.4 Å². The number of carbonyl (C=O) groups is 1. The Hall–Kier alpha value is -2.73. The Morgan fingerprint density at radius 3 is 2.73 bits per heavy atom. The second kappa shape index (κ2) is 7.66. The van der Waals surface area contributed by atoms with E-state index in [1.807, 2.05) is 48.1 Å². The van der Waals surface area contributed by atoms with Gasteiger partial charge in [0.25, 0.3) is 5.91 Å². The maximum Gasteiger partial charge on any atom is 0.261 e. The molecule has 3 rings (SSSR count). The molecule has 134 valence electrons. The number of nitrogens with zero attached hydrogens (tertiary/aromatic N) is 1. The van der Waals surface area contributed by atoms with Crippen molar-refractivity contribution in [3.63, 3.8) is 0 Å². The van der Waals surface area contributed by atoms with Crippen LogP contribution in [0.15, 0.2) is 58.4 Å². The van der Waals surface area contributed by atoms with Crippen LogP contribution >= 0.6 is 11.8 Å². The summed E-state index contributed by atoms with van der Waals surface area (Å²) in [4.78, 5) is 26.7. The van der Waals surface area contributed by atoms with Crippen LogP contribution in [0.1, 0.15) is 17.3 Å². The van der Waals surface area contributed by atoms with Crippen LogP contribution < -0.4 is 15.5 Å². The van der Waals surface area contributed by atoms with Crippen molar-refractivity contribution in [1.82, 2.24) is 4.57 Å². The van der Waals surface area contributed by atoms with Gasteiger partial charge in [-0.3, -0.25) is 9.59 Å². The summed E-state index contributed by atoms with van der Waals surface area (Å²) in [7, 11) is 1.55. The quantitative estimate of drug-likeness (QED) is 0.692. The summed E-state index contributed by atoms with van der Waals surface area (Å²) < 4.78 is 7.11. The molecular formula is C20H20N2O3S. The lowest BCUT2D eigenvalue weighted by atomic mass is 10.1. The van der Waals surface area contributed by atoms with E-state index in [0.29, 0.717) is 23.4 Å². The van der Waals surface area contributed by atoms with E-state index < -0.39 is 5.91 Å². The molecule has 0 bridgehead atoms. The first-order valence-electron chi connectivity index (χ1n) is 8.24. The molecule has 5 nitrogen and oxygen atoms in total. The van der Waals surface area contributed by atoms with E-state index in [0.717, 1.165) is 10.4 Å². The molecule has 0 aliphatic carbocycles. The number of rotatable bonds is 5. The molecule has 3 aromatic rings. The molecule has 0 spiro atoms. The fourth-order valence-corrected chi connectivity index (χ4v) is 3.29. The van der Waals surface area contributed by atoms with Crippen molar-refractivity contribution in [2.75, 3.05) is 18.7 Å². The topological polar surface area (TPSA) is 60.3 Å². The van der Waals surface area contributed by atoms with Crippen LogP contribution in [0.4, 0.5) is 5.69 Å². The molecule has 0 radical (unpaired) electrons. The number of carbonyl (C=O) groups excluding carboxylic acids is 1. The number of pyridine rings is 1. The smallest absolute Gasteiger partial charge is 0.261 e. The molecule has 0 aliphatic heterocycles. The van der Waals surface area contributed by atoms with Gasteiger partial charge in [0.1, 0.15) is 11.3 Å². The molecule has 26 heavy (non-hydrogen) atoms. The number of fused-ring (bicyclic) bond motifs is 1. The SMILES string of the molecule is CCn1cc(C(=O)Nc2cccc(SC)c2)c(=O)c2cc(OC)ccc21. The minimum Gasteiger partial charge on any atom is -0.497 e. The zero-order chi connectivity index (χ0) is 18.7. The van der Waals surface area contributed by atoms with Gasteiger partial charge in [0.2, 0.25) is 5.43 Å². The highest BCUT2D eigenvalue weighted by molar-refractivity contribution is 7.98. The highest BCUT2D eigenvalue weighted by atomic mass is 32.2. The van der Waals surface area contributed by atoms with E-state index >= 15 is 0 Å². The Labute approximate surface area is 156 Å². The normalized spacial score (nSPS) is 10.7. The van der Waals surface area contributed by atoms with Crippen molar-refractivity contribution >= 4 is 34.3 Å². The predicted octanol–water partition coefficient (Wildman–Crippen LogP) is 4.00. The maximum absolute atomic E-state index is 12.9. The first kappa shape index (κ1) is 18.1. The molecule has 1 aromatic heterocycles. The Morgan fingerprint density at radius 1 is 1.23 bits per heavy atom. The Bertz CT molecular complexity index is 1030. The molecule has 0 unspecified atom stereocenters. The number of benzene rings is 2. The number of thioether (sulfide) groups is 1. The van der Waals surface area contributed by atoms with E-state index in [1.165, 1.54) is 0 Å². The van der Waals surface area contributed by atoms with Gasteiger partial charge in [-0.2, -0.15) is 0 Å². The number of nitrogens with one attached hydrogen (secondary N) is 1. The van der Waals surface area contributed by atoms with E-state index in [-0.39, 0.29) is 11.0 Å². The standard InChI is InChI=1S/C20H20N2O3S/c1-4-22-12-17(19(23)16-11-14(25-2)8-9-18(16)22)20(24)21-13-6-5-7-15(10-13)26-3/h5-12H,4H2,1-3H3,(H,21,24). The number of amides is 1. The first-order valence-corrected chi connectivity index (χ1v) is 9.46. The molecule has 2 aromatic carbocycles. The molecule has 1 N–H and O–H groups in total. The molecule has 1 amide bonds. The highest BCUT2D eigenvalue weighted by Gasteiger charge is 2.16. The van der Waals surface area contributed by atoms with E-state index in [9.17, 15) is 9.59 Å². The number of hydrogen-bond donors (Lipinski definition) is 1. The van der Waals surface area contributed by atoms with Gasteiger partial charge in [-0.15, -0.1) is 11.8 Å². The Kier molecular flexibility index (Phi) is 5.32. The molecule has 0 fully saturated rings. The van der Waals surface area contributed by atoms with Gasteiger partial charge >= 0.3 is 0 Å². The summed E-state index contributed by atoms with van der Waals surface area (Å²) in [6, 6.07) is 12.8. The summed E-state index contributed by atoms with van der Waals surface area (Å²) in [6.07, 6.45) is 3.59. The first-order chi connectivity index (χ1) is 12.6. The summed E-state index contributed by atoms with van der Waals surface area (Å²) >= 11 is 1.59. The largest absolute Gasteiger partial charge is 0.497 e. The van der Waals surface area contributed by atoms with Gasteiger partial charge in [-0.1, -0.05) is 6.07 Å². The number of hydrogen-bond acceptors (Lipinski definition) is 4. The lowest BCUT2D eigenvalue weighted by Crippen LogP contribution is -2.24. The van der Waals surface area contributed by atoms with Crippen molar-refractivity contribution in [1.29, 1.82) is 0 Å². The zero-order valence-electron chi connectivity index (χ0n) is 14.9. The predicted molar refractivity (Wildman–Crippen MR) is 107 cm³/mol. The van der Waals surface area contributed by atoms with Crippen molar-refractivity contribution in [3.8, 4) is 5.75 Å². The zero-order valence-corrected chi connectivity index (χ0v) is 15.7. The second-order valence-electron chi connectivity index (χ2n) is 5.73. The number of aromatic nitrogens is 1. The number of ether oxygens (including phenoxy) is 1. The monoisotopic (exact) mass is 368 g/mol. The Morgan fingerprint density at radius 2 is 2.04 bits per heavy atom. The summed E-state index contributed by atoms with van der Waals surface area (Å²) in [5, 5.41) is 3.29. The van der Waals surface area contributed by atoms with Gasteiger partial charge in [0, 0.05) is 23.3 Å². The number of anilines is 1. The fourth-order valence-electron chi connectivity index (χ4n) is 2.83. The van der Waals surface area contributed by atoms with Crippen molar-refractivity contribution in [2.24, 2.45) is 0 Å². The number of methoxy groups -OCH3 is 1. The average Bonchev–Trinajstić information content (AvgIpc) is 2.68. The van der Waals surface area contributed by atoms with E-state index in [1.54, 1.807) is 37.2 Å². The van der Waals surface area contributed by atoms with Gasteiger partial charge in [0.05, 0.1) is 18.0 Å². The van der Waals surface area contributed by atoms with Crippen molar-refractivity contribution < 1.29 is 9.53 Å². The van der Waals surface area contributed by atoms with Crippen LogP contribution in [0.3, 0.4) is 0 Å². The minimum absolute atomic E-state index is 0.113. The molecule has 6 heteroatoms. The van der Waals surface area contributed by atoms with Crippen LogP contribution in [-0.2, 0) is 6.54 Å². The average molecular weight is 368 g/mol. The van der Waals surface area contributed by atoms with Crippen LogP contribution in [0.5, 0.6) is 5.75 Å². The molecule has 0 aliphatic rings. The second-order valence-corrected chi connectivity index (χ2v) is 6.61. The minimum atomic E-state index is -0.417. The van der Waals surface area contributed by atoms with Gasteiger partial charge in [-0.25, -0.2) is 0 Å². The van der Waals surface area contributed by atoms with Crippen LogP contribution in [0.25, 0.3) is 10.9 Å². The summed E-state index contributed by atoms with van der Waals surface area (Å²) in [6.45, 7) is 2.61. The molecule has 0 saturated heterocycles. The van der Waals surface area contributed by atoms with Crippen LogP contribution in [-0.4, -0.2) is 23.8 Å². The maximum atomic E-state index is 12.9. The van der Waals surface area contributed by atoms with Gasteiger partial charge in [0.15, 0.2) is 0 Å². The Balaban J connectivity index is 2.07. The molecule has 1 heterocycles. The summed E-state index contributed by atoms with van der Waals surface area (Å²) in [5.41, 5.74) is 1.25. The van der Waals surface area contributed by atoms with E-state index in [2.05, 4.69) is 5.32 Å². The number of aryl methyl sites for hydroxylation is 1. The third kappa shape index (κ3) is 3.46. The third-order valence-electron chi connectivity index (χ3n) is 4.20. The van der Waals surface area contributed by atoms with Crippen molar-refractivity contribution in [2.45, 2.75) is 18.4 Å². The highest BCUT2D eigenvalue weighted by Crippen LogP contribution is 2.21.